The summed E-state index contributed by atoms with van der Waals surface area (Å²) in [7, 11) is 0. The molecule has 1 aromatic carbocycles. The SMILES string of the molecule is CC(O)(OCCO)c1ccccc1. The summed E-state index contributed by atoms with van der Waals surface area (Å²) < 4.78 is 5.07. The van der Waals surface area contributed by atoms with Crippen molar-refractivity contribution in [2.24, 2.45) is 0 Å². The maximum Gasteiger partial charge on any atom is 0.189 e. The Balaban J connectivity index is 2.69. The van der Waals surface area contributed by atoms with E-state index in [0.29, 0.717) is 5.56 Å². The molecule has 3 nitrogen and oxygen atoms in total. The fourth-order valence-electron chi connectivity index (χ4n) is 1.08. The van der Waals surface area contributed by atoms with Crippen LogP contribution >= 0.6 is 0 Å². The number of benzene rings is 1. The van der Waals surface area contributed by atoms with Gasteiger partial charge in [0.1, 0.15) is 0 Å². The van der Waals surface area contributed by atoms with Crippen molar-refractivity contribution in [1.29, 1.82) is 0 Å². The third kappa shape index (κ3) is 2.81. The van der Waals surface area contributed by atoms with Crippen molar-refractivity contribution in [3.8, 4) is 0 Å². The highest BCUT2D eigenvalue weighted by molar-refractivity contribution is 5.18. The average molecular weight is 182 g/mol. The van der Waals surface area contributed by atoms with Gasteiger partial charge in [-0.25, -0.2) is 0 Å². The van der Waals surface area contributed by atoms with Crippen molar-refractivity contribution >= 4 is 0 Å². The molecule has 0 saturated heterocycles. The van der Waals surface area contributed by atoms with E-state index in [1.807, 2.05) is 18.2 Å². The Kier molecular flexibility index (Phi) is 3.42. The second-order valence-corrected chi connectivity index (χ2v) is 2.92. The number of aliphatic hydroxyl groups excluding tert-OH is 1. The summed E-state index contributed by atoms with van der Waals surface area (Å²) in [4.78, 5) is 0. The molecule has 13 heavy (non-hydrogen) atoms. The summed E-state index contributed by atoms with van der Waals surface area (Å²) >= 11 is 0. The topological polar surface area (TPSA) is 49.7 Å². The predicted octanol–water partition coefficient (Wildman–Crippen LogP) is 0.860. The van der Waals surface area contributed by atoms with Crippen LogP contribution in [0.1, 0.15) is 12.5 Å². The lowest BCUT2D eigenvalue weighted by Crippen LogP contribution is -2.26. The quantitative estimate of drug-likeness (QED) is 0.679. The van der Waals surface area contributed by atoms with Crippen LogP contribution in [0, 0.1) is 0 Å². The third-order valence-corrected chi connectivity index (χ3v) is 1.78. The highest BCUT2D eigenvalue weighted by Crippen LogP contribution is 2.20. The van der Waals surface area contributed by atoms with E-state index in [1.54, 1.807) is 19.1 Å². The molecule has 0 aliphatic carbocycles. The van der Waals surface area contributed by atoms with Crippen LogP contribution in [0.15, 0.2) is 30.3 Å². The normalized spacial score (nSPS) is 15.3. The van der Waals surface area contributed by atoms with Crippen molar-refractivity contribution in [1.82, 2.24) is 0 Å². The van der Waals surface area contributed by atoms with Gasteiger partial charge >= 0.3 is 0 Å². The van der Waals surface area contributed by atoms with Crippen LogP contribution in [-0.2, 0) is 10.5 Å². The Morgan fingerprint density at radius 2 is 1.92 bits per heavy atom. The van der Waals surface area contributed by atoms with Gasteiger partial charge < -0.3 is 14.9 Å². The minimum absolute atomic E-state index is 0.0943. The van der Waals surface area contributed by atoms with E-state index >= 15 is 0 Å². The van der Waals surface area contributed by atoms with E-state index in [-0.39, 0.29) is 13.2 Å². The average Bonchev–Trinajstić information content (AvgIpc) is 2.16. The van der Waals surface area contributed by atoms with Gasteiger partial charge in [0.25, 0.3) is 0 Å². The second kappa shape index (κ2) is 4.37. The van der Waals surface area contributed by atoms with E-state index in [9.17, 15) is 5.11 Å². The lowest BCUT2D eigenvalue weighted by molar-refractivity contribution is -0.202. The first-order valence-corrected chi connectivity index (χ1v) is 4.19. The van der Waals surface area contributed by atoms with Gasteiger partial charge in [-0.3, -0.25) is 0 Å². The van der Waals surface area contributed by atoms with E-state index in [1.165, 1.54) is 0 Å². The molecule has 1 unspecified atom stereocenters. The van der Waals surface area contributed by atoms with Crippen LogP contribution in [0.4, 0.5) is 0 Å². The van der Waals surface area contributed by atoms with Crippen LogP contribution in [0.25, 0.3) is 0 Å². The smallest absolute Gasteiger partial charge is 0.189 e. The highest BCUT2D eigenvalue weighted by Gasteiger charge is 2.22. The standard InChI is InChI=1S/C10H14O3/c1-10(12,13-8-7-11)9-5-3-2-4-6-9/h2-6,11-12H,7-8H2,1H3. The number of ether oxygens (including phenoxy) is 1. The molecular weight excluding hydrogens is 168 g/mol. The molecule has 0 fully saturated rings. The molecule has 2 N–H and O–H groups in total. The number of aliphatic hydroxyl groups is 2. The molecule has 3 heteroatoms. The lowest BCUT2D eigenvalue weighted by Gasteiger charge is -2.23. The number of hydrogen-bond donors (Lipinski definition) is 2. The van der Waals surface area contributed by atoms with Gasteiger partial charge in [-0.1, -0.05) is 30.3 Å². The van der Waals surface area contributed by atoms with Crippen LogP contribution in [-0.4, -0.2) is 23.4 Å². The molecule has 0 amide bonds. The molecule has 1 rings (SSSR count). The van der Waals surface area contributed by atoms with Gasteiger partial charge in [-0.05, 0) is 6.92 Å². The molecule has 0 heterocycles. The van der Waals surface area contributed by atoms with Gasteiger partial charge in [-0.15, -0.1) is 0 Å². The maximum absolute atomic E-state index is 9.78. The molecule has 0 saturated carbocycles. The Morgan fingerprint density at radius 1 is 1.31 bits per heavy atom. The van der Waals surface area contributed by atoms with Crippen LogP contribution in [0.3, 0.4) is 0 Å². The van der Waals surface area contributed by atoms with E-state index in [0.717, 1.165) is 0 Å². The third-order valence-electron chi connectivity index (χ3n) is 1.78. The minimum Gasteiger partial charge on any atom is -0.394 e. The van der Waals surface area contributed by atoms with Gasteiger partial charge in [0.15, 0.2) is 5.79 Å². The summed E-state index contributed by atoms with van der Waals surface area (Å²) in [5.41, 5.74) is 0.684. The van der Waals surface area contributed by atoms with Crippen molar-refractivity contribution < 1.29 is 14.9 Å². The molecule has 1 atom stereocenters. The summed E-state index contributed by atoms with van der Waals surface area (Å²) in [6, 6.07) is 9.07. The summed E-state index contributed by atoms with van der Waals surface area (Å²) in [6.45, 7) is 1.59. The van der Waals surface area contributed by atoms with E-state index in [2.05, 4.69) is 0 Å². The first kappa shape index (κ1) is 10.2. The fraction of sp³-hybridized carbons (Fsp3) is 0.400. The van der Waals surface area contributed by atoms with Crippen LogP contribution < -0.4 is 0 Å². The zero-order valence-electron chi connectivity index (χ0n) is 7.60. The van der Waals surface area contributed by atoms with Gasteiger partial charge in [-0.2, -0.15) is 0 Å². The lowest BCUT2D eigenvalue weighted by atomic mass is 10.1. The Labute approximate surface area is 77.6 Å². The number of hydrogen-bond acceptors (Lipinski definition) is 3. The minimum atomic E-state index is -1.32. The molecule has 0 radical (unpaired) electrons. The Bertz CT molecular complexity index is 244. The molecule has 1 aromatic rings. The molecule has 0 spiro atoms. The van der Waals surface area contributed by atoms with Crippen LogP contribution in [0.2, 0.25) is 0 Å². The van der Waals surface area contributed by atoms with Gasteiger partial charge in [0.05, 0.1) is 13.2 Å². The number of rotatable bonds is 4. The largest absolute Gasteiger partial charge is 0.394 e. The van der Waals surface area contributed by atoms with E-state index < -0.39 is 5.79 Å². The zero-order chi connectivity index (χ0) is 9.73. The molecule has 0 aliphatic rings. The first-order valence-electron chi connectivity index (χ1n) is 4.19. The molecule has 0 bridgehead atoms. The van der Waals surface area contributed by atoms with Crippen molar-refractivity contribution in [2.75, 3.05) is 13.2 Å². The molecule has 72 valence electrons. The van der Waals surface area contributed by atoms with Gasteiger partial charge in [0.2, 0.25) is 0 Å². The molecule has 0 aliphatic heterocycles. The van der Waals surface area contributed by atoms with Crippen LogP contribution in [0.5, 0.6) is 0 Å². The fourth-order valence-corrected chi connectivity index (χ4v) is 1.08. The maximum atomic E-state index is 9.78. The van der Waals surface area contributed by atoms with Crippen molar-refractivity contribution in [2.45, 2.75) is 12.7 Å². The summed E-state index contributed by atoms with van der Waals surface area (Å²) in [6.07, 6.45) is 0. The van der Waals surface area contributed by atoms with Crippen molar-refractivity contribution in [3.63, 3.8) is 0 Å². The summed E-state index contributed by atoms with van der Waals surface area (Å²) in [5, 5.41) is 18.3. The molecular formula is C10H14O3. The monoisotopic (exact) mass is 182 g/mol. The Hall–Kier alpha value is -0.900. The molecule has 0 aromatic heterocycles. The zero-order valence-corrected chi connectivity index (χ0v) is 7.60. The first-order chi connectivity index (χ1) is 6.17. The highest BCUT2D eigenvalue weighted by atomic mass is 16.6. The van der Waals surface area contributed by atoms with E-state index in [4.69, 9.17) is 9.84 Å². The Morgan fingerprint density at radius 3 is 2.46 bits per heavy atom. The summed E-state index contributed by atoms with van der Waals surface area (Å²) in [5.74, 6) is -1.32. The van der Waals surface area contributed by atoms with Gasteiger partial charge in [0, 0.05) is 5.56 Å². The predicted molar refractivity (Wildman–Crippen MR) is 49.1 cm³/mol. The van der Waals surface area contributed by atoms with Crippen molar-refractivity contribution in [3.05, 3.63) is 35.9 Å². The second-order valence-electron chi connectivity index (χ2n) is 2.92.